The van der Waals surface area contributed by atoms with Gasteiger partial charge in [-0.1, -0.05) is 11.6 Å². The zero-order chi connectivity index (χ0) is 16.5. The van der Waals surface area contributed by atoms with Crippen LogP contribution in [-0.2, 0) is 3.55 Å². The monoisotopic (exact) mass is 609 g/mol. The van der Waals surface area contributed by atoms with Crippen LogP contribution in [0.2, 0.25) is 5.02 Å². The number of hydrogen-bond donors (Lipinski definition) is 1. The van der Waals surface area contributed by atoms with Crippen molar-refractivity contribution in [2.75, 3.05) is 0 Å². The Morgan fingerprint density at radius 2 is 2.18 bits per heavy atom. The molecule has 0 aromatic carbocycles. The van der Waals surface area contributed by atoms with Gasteiger partial charge in [0, 0.05) is 20.4 Å². The Labute approximate surface area is 167 Å². The fraction of sp³-hybridized carbons (Fsp3) is 0.154. The number of aromatic nitrogens is 2. The number of pyridine rings is 2. The minimum atomic E-state index is -0.905. The summed E-state index contributed by atoms with van der Waals surface area (Å²) in [7, 11) is 0. The zero-order valence-electron chi connectivity index (χ0n) is 11.0. The second-order valence-electron chi connectivity index (χ2n) is 4.40. The lowest BCUT2D eigenvalue weighted by Gasteiger charge is -2.25. The number of rotatable bonds is 3. The Balaban J connectivity index is 2.34. The number of carbonyl (C=O) groups is 1. The van der Waals surface area contributed by atoms with Gasteiger partial charge < -0.3 is 5.32 Å². The molecule has 0 fully saturated rings. The second kappa shape index (κ2) is 7.22. The van der Waals surface area contributed by atoms with Gasteiger partial charge in [0.25, 0.3) is 5.91 Å². The maximum atomic E-state index is 13.8. The van der Waals surface area contributed by atoms with Crippen molar-refractivity contribution in [3.8, 4) is 0 Å². The smallest absolute Gasteiger partial charge is 0.258 e. The highest BCUT2D eigenvalue weighted by atomic mass is 127. The van der Waals surface area contributed by atoms with Crippen LogP contribution in [0.15, 0.2) is 29.0 Å². The summed E-state index contributed by atoms with van der Waals surface area (Å²) < 4.78 is 14.1. The van der Waals surface area contributed by atoms with E-state index in [0.717, 1.165) is 4.47 Å². The predicted octanol–water partition coefficient (Wildman–Crippen LogP) is 4.67. The summed E-state index contributed by atoms with van der Waals surface area (Å²) in [5.41, 5.74) is 0.379. The SMILES string of the molecule is CC(I)(NC(=O)c1c(I)ccnc1F)c1ncc(Br)cc1Cl. The van der Waals surface area contributed by atoms with Gasteiger partial charge in [0.15, 0.2) is 0 Å². The third-order valence-electron chi connectivity index (χ3n) is 2.68. The maximum Gasteiger partial charge on any atom is 0.258 e. The lowest BCUT2D eigenvalue weighted by molar-refractivity contribution is 0.0929. The molecule has 116 valence electrons. The molecule has 2 rings (SSSR count). The van der Waals surface area contributed by atoms with Gasteiger partial charge in [0.1, 0.15) is 9.11 Å². The molecule has 22 heavy (non-hydrogen) atoms. The van der Waals surface area contributed by atoms with Gasteiger partial charge in [-0.3, -0.25) is 9.78 Å². The summed E-state index contributed by atoms with van der Waals surface area (Å²) in [6.45, 7) is 1.73. The third-order valence-corrected chi connectivity index (χ3v) is 5.08. The summed E-state index contributed by atoms with van der Waals surface area (Å²) in [6.07, 6.45) is 2.89. The summed E-state index contributed by atoms with van der Waals surface area (Å²) >= 11 is 13.3. The first kappa shape index (κ1) is 18.3. The summed E-state index contributed by atoms with van der Waals surface area (Å²) in [6, 6.07) is 3.25. The Kier molecular flexibility index (Phi) is 6.00. The van der Waals surface area contributed by atoms with Gasteiger partial charge in [-0.25, -0.2) is 4.98 Å². The lowest BCUT2D eigenvalue weighted by atomic mass is 10.2. The van der Waals surface area contributed by atoms with Gasteiger partial charge in [0.05, 0.1) is 10.7 Å². The Bertz CT molecular complexity index is 725. The van der Waals surface area contributed by atoms with Crippen LogP contribution in [0.5, 0.6) is 0 Å². The van der Waals surface area contributed by atoms with Crippen LogP contribution in [0, 0.1) is 9.52 Å². The van der Waals surface area contributed by atoms with Crippen LogP contribution in [0.25, 0.3) is 0 Å². The normalized spacial score (nSPS) is 13.5. The van der Waals surface area contributed by atoms with Crippen molar-refractivity contribution in [3.63, 3.8) is 0 Å². The molecule has 1 N–H and O–H groups in total. The van der Waals surface area contributed by atoms with E-state index in [9.17, 15) is 9.18 Å². The number of nitrogens with zero attached hydrogens (tertiary/aromatic N) is 2. The largest absolute Gasteiger partial charge is 0.332 e. The van der Waals surface area contributed by atoms with E-state index < -0.39 is 15.4 Å². The van der Waals surface area contributed by atoms with Crippen molar-refractivity contribution in [2.45, 2.75) is 10.5 Å². The van der Waals surface area contributed by atoms with Crippen molar-refractivity contribution in [2.24, 2.45) is 0 Å². The van der Waals surface area contributed by atoms with Crippen molar-refractivity contribution < 1.29 is 9.18 Å². The number of carbonyl (C=O) groups excluding carboxylic acids is 1. The van der Waals surface area contributed by atoms with Crippen molar-refractivity contribution >= 4 is 78.6 Å². The van der Waals surface area contributed by atoms with Gasteiger partial charge in [0.2, 0.25) is 5.95 Å². The maximum absolute atomic E-state index is 13.8. The van der Waals surface area contributed by atoms with Crippen LogP contribution in [-0.4, -0.2) is 15.9 Å². The number of nitrogens with one attached hydrogen (secondary N) is 1. The predicted molar refractivity (Wildman–Crippen MR) is 103 cm³/mol. The first-order chi connectivity index (χ1) is 10.2. The highest BCUT2D eigenvalue weighted by Gasteiger charge is 2.31. The molecule has 1 amide bonds. The first-order valence-corrected chi connectivity index (χ1v) is 9.18. The number of amides is 1. The molecule has 2 heterocycles. The summed E-state index contributed by atoms with van der Waals surface area (Å²) in [4.78, 5) is 20.1. The lowest BCUT2D eigenvalue weighted by Crippen LogP contribution is -2.40. The first-order valence-electron chi connectivity index (χ1n) is 5.85. The molecule has 0 aliphatic carbocycles. The van der Waals surface area contributed by atoms with E-state index in [0.29, 0.717) is 14.3 Å². The molecule has 0 spiro atoms. The van der Waals surface area contributed by atoms with Crippen molar-refractivity contribution in [3.05, 3.63) is 54.8 Å². The van der Waals surface area contributed by atoms with E-state index in [1.807, 2.05) is 45.2 Å². The molecular weight excluding hydrogens is 602 g/mol. The van der Waals surface area contributed by atoms with Gasteiger partial charge in [-0.2, -0.15) is 4.39 Å². The van der Waals surface area contributed by atoms with Crippen LogP contribution in [0.1, 0.15) is 23.0 Å². The summed E-state index contributed by atoms with van der Waals surface area (Å²) in [5.74, 6) is -1.39. The Morgan fingerprint density at radius 1 is 1.50 bits per heavy atom. The highest BCUT2D eigenvalue weighted by Crippen LogP contribution is 2.33. The van der Waals surface area contributed by atoms with E-state index in [-0.39, 0.29) is 5.56 Å². The average Bonchev–Trinajstić information content (AvgIpc) is 2.37. The Morgan fingerprint density at radius 3 is 2.77 bits per heavy atom. The van der Waals surface area contributed by atoms with Crippen LogP contribution in [0.4, 0.5) is 4.39 Å². The second-order valence-corrected chi connectivity index (χ2v) is 9.04. The van der Waals surface area contributed by atoms with Crippen molar-refractivity contribution in [1.29, 1.82) is 0 Å². The molecule has 0 saturated carbocycles. The van der Waals surface area contributed by atoms with E-state index in [1.165, 1.54) is 6.20 Å². The molecule has 1 atom stereocenters. The average molecular weight is 610 g/mol. The molecule has 0 bridgehead atoms. The molecule has 0 aliphatic rings. The molecular formula is C13H8BrClFI2N3O. The topological polar surface area (TPSA) is 54.9 Å². The number of halogens is 5. The molecule has 2 aromatic rings. The molecule has 0 saturated heterocycles. The quantitative estimate of drug-likeness (QED) is 0.238. The Hall–Kier alpha value is -0.0700. The van der Waals surface area contributed by atoms with Gasteiger partial charge >= 0.3 is 0 Å². The molecule has 1 unspecified atom stereocenters. The molecule has 0 radical (unpaired) electrons. The van der Waals surface area contributed by atoms with Crippen LogP contribution in [0.3, 0.4) is 0 Å². The van der Waals surface area contributed by atoms with Crippen molar-refractivity contribution in [1.82, 2.24) is 15.3 Å². The zero-order valence-corrected chi connectivity index (χ0v) is 17.7. The molecule has 4 nitrogen and oxygen atoms in total. The fourth-order valence-electron chi connectivity index (χ4n) is 1.71. The molecule has 9 heteroatoms. The van der Waals surface area contributed by atoms with Gasteiger partial charge in [-0.05, 0) is 80.2 Å². The van der Waals surface area contributed by atoms with Crippen LogP contribution >= 0.6 is 72.7 Å². The molecule has 2 aromatic heterocycles. The van der Waals surface area contributed by atoms with E-state index in [1.54, 1.807) is 25.3 Å². The number of alkyl halides is 1. The van der Waals surface area contributed by atoms with E-state index in [2.05, 4.69) is 31.2 Å². The minimum absolute atomic E-state index is 0.0979. The van der Waals surface area contributed by atoms with E-state index in [4.69, 9.17) is 11.6 Å². The third kappa shape index (κ3) is 4.06. The molecule has 0 aliphatic heterocycles. The minimum Gasteiger partial charge on any atom is -0.332 e. The van der Waals surface area contributed by atoms with E-state index >= 15 is 0 Å². The number of hydrogen-bond acceptors (Lipinski definition) is 3. The van der Waals surface area contributed by atoms with Crippen LogP contribution < -0.4 is 5.32 Å². The summed E-state index contributed by atoms with van der Waals surface area (Å²) in [5, 5.41) is 3.13. The fourth-order valence-corrected chi connectivity index (χ4v) is 3.99. The van der Waals surface area contributed by atoms with Gasteiger partial charge in [-0.15, -0.1) is 0 Å². The standard InChI is InChI=1S/C13H8BrClFI2N3O/c1-13(18,10-7(15)4-6(14)5-20-10)21-12(22)9-8(17)2-3-19-11(9)16/h2-5H,1H3,(H,21,22). The highest BCUT2D eigenvalue weighted by molar-refractivity contribution is 14.1.